The standard InChI is InChI=1S/C21H27N5O/c1-21(2,3)18-12-24-20(25-10-6-9-17(23)14-25)26(19(18)27)13-16-8-5-4-7-15(16)11-22/h4-5,7-8,12,17H,6,9-10,13-14,23H2,1-3H3/t17-/m1/s1. The van der Waals surface area contributed by atoms with Gasteiger partial charge in [0.25, 0.3) is 5.56 Å². The molecule has 0 bridgehead atoms. The number of aromatic nitrogens is 2. The zero-order chi connectivity index (χ0) is 19.6. The Morgan fingerprint density at radius 3 is 2.74 bits per heavy atom. The third-order valence-electron chi connectivity index (χ3n) is 5.04. The number of hydrogen-bond donors (Lipinski definition) is 1. The third-order valence-corrected chi connectivity index (χ3v) is 5.04. The average molecular weight is 365 g/mol. The molecule has 0 radical (unpaired) electrons. The van der Waals surface area contributed by atoms with E-state index in [1.165, 1.54) is 0 Å². The molecular formula is C21H27N5O. The van der Waals surface area contributed by atoms with Crippen LogP contribution >= 0.6 is 0 Å². The van der Waals surface area contributed by atoms with Crippen molar-refractivity contribution in [2.45, 2.75) is 51.6 Å². The minimum Gasteiger partial charge on any atom is -0.341 e. The maximum Gasteiger partial charge on any atom is 0.258 e. The van der Waals surface area contributed by atoms with E-state index in [0.717, 1.165) is 24.9 Å². The van der Waals surface area contributed by atoms with E-state index in [4.69, 9.17) is 5.73 Å². The van der Waals surface area contributed by atoms with Crippen LogP contribution in [0, 0.1) is 11.3 Å². The SMILES string of the molecule is CC(C)(C)c1cnc(N2CCC[C@@H](N)C2)n(Cc2ccccc2C#N)c1=O. The Bertz CT molecular complexity index is 919. The molecule has 2 aromatic rings. The van der Waals surface area contributed by atoms with Crippen molar-refractivity contribution in [2.24, 2.45) is 5.73 Å². The molecule has 6 nitrogen and oxygen atoms in total. The summed E-state index contributed by atoms with van der Waals surface area (Å²) in [4.78, 5) is 20.1. The second-order valence-corrected chi connectivity index (χ2v) is 8.23. The van der Waals surface area contributed by atoms with Gasteiger partial charge in [-0.2, -0.15) is 5.26 Å². The third kappa shape index (κ3) is 4.04. The summed E-state index contributed by atoms with van der Waals surface area (Å²) in [7, 11) is 0. The van der Waals surface area contributed by atoms with Crippen LogP contribution in [-0.4, -0.2) is 28.7 Å². The zero-order valence-electron chi connectivity index (χ0n) is 16.3. The van der Waals surface area contributed by atoms with Crippen molar-refractivity contribution in [2.75, 3.05) is 18.0 Å². The molecule has 0 saturated carbocycles. The summed E-state index contributed by atoms with van der Waals surface area (Å²) in [6.07, 6.45) is 3.66. The number of nitrogens with zero attached hydrogens (tertiary/aromatic N) is 4. The monoisotopic (exact) mass is 365 g/mol. The first-order chi connectivity index (χ1) is 12.8. The molecule has 1 aliphatic heterocycles. The average Bonchev–Trinajstić information content (AvgIpc) is 2.62. The molecule has 27 heavy (non-hydrogen) atoms. The van der Waals surface area contributed by atoms with E-state index >= 15 is 0 Å². The van der Waals surface area contributed by atoms with Gasteiger partial charge in [0.15, 0.2) is 0 Å². The van der Waals surface area contributed by atoms with Gasteiger partial charge in [0, 0.05) is 30.9 Å². The first-order valence-electron chi connectivity index (χ1n) is 9.40. The summed E-state index contributed by atoms with van der Waals surface area (Å²) in [5.41, 5.74) is 7.85. The largest absolute Gasteiger partial charge is 0.341 e. The highest BCUT2D eigenvalue weighted by Gasteiger charge is 2.26. The minimum absolute atomic E-state index is 0.0561. The first-order valence-corrected chi connectivity index (χ1v) is 9.40. The van der Waals surface area contributed by atoms with E-state index in [2.05, 4.69) is 16.0 Å². The lowest BCUT2D eigenvalue weighted by Crippen LogP contribution is -2.46. The highest BCUT2D eigenvalue weighted by molar-refractivity contribution is 5.40. The molecule has 1 fully saturated rings. The van der Waals surface area contributed by atoms with Crippen molar-refractivity contribution in [1.29, 1.82) is 5.26 Å². The summed E-state index contributed by atoms with van der Waals surface area (Å²) < 4.78 is 1.70. The number of benzene rings is 1. The van der Waals surface area contributed by atoms with E-state index in [-0.39, 0.29) is 17.0 Å². The maximum absolute atomic E-state index is 13.3. The van der Waals surface area contributed by atoms with Gasteiger partial charge in [0.1, 0.15) is 0 Å². The fraction of sp³-hybridized carbons (Fsp3) is 0.476. The molecular weight excluding hydrogens is 338 g/mol. The van der Waals surface area contributed by atoms with Crippen LogP contribution in [0.2, 0.25) is 0 Å². The highest BCUT2D eigenvalue weighted by Crippen LogP contribution is 2.22. The molecule has 1 atom stereocenters. The van der Waals surface area contributed by atoms with Crippen molar-refractivity contribution in [1.82, 2.24) is 9.55 Å². The van der Waals surface area contributed by atoms with E-state index in [1.807, 2.05) is 39.0 Å². The van der Waals surface area contributed by atoms with Crippen molar-refractivity contribution in [3.05, 3.63) is 57.5 Å². The van der Waals surface area contributed by atoms with Crippen molar-refractivity contribution in [3.63, 3.8) is 0 Å². The van der Waals surface area contributed by atoms with Crippen LogP contribution in [-0.2, 0) is 12.0 Å². The van der Waals surface area contributed by atoms with Gasteiger partial charge in [-0.25, -0.2) is 4.98 Å². The molecule has 142 valence electrons. The van der Waals surface area contributed by atoms with Gasteiger partial charge in [-0.15, -0.1) is 0 Å². The van der Waals surface area contributed by atoms with Gasteiger partial charge >= 0.3 is 0 Å². The van der Waals surface area contributed by atoms with Gasteiger partial charge in [-0.3, -0.25) is 9.36 Å². The molecule has 1 aliphatic rings. The number of rotatable bonds is 3. The van der Waals surface area contributed by atoms with E-state index in [9.17, 15) is 10.1 Å². The Balaban J connectivity index is 2.13. The Labute approximate surface area is 160 Å². The number of nitrogens with two attached hydrogens (primary N) is 1. The molecule has 6 heteroatoms. The van der Waals surface area contributed by atoms with Gasteiger partial charge in [0.05, 0.1) is 18.2 Å². The van der Waals surface area contributed by atoms with Crippen molar-refractivity contribution < 1.29 is 0 Å². The molecule has 0 unspecified atom stereocenters. The normalized spacial score (nSPS) is 17.6. The fourth-order valence-corrected chi connectivity index (χ4v) is 3.52. The van der Waals surface area contributed by atoms with Crippen LogP contribution in [0.1, 0.15) is 50.3 Å². The predicted octanol–water partition coefficient (Wildman–Crippen LogP) is 2.39. The van der Waals surface area contributed by atoms with E-state index < -0.39 is 0 Å². The van der Waals surface area contributed by atoms with Crippen LogP contribution in [0.25, 0.3) is 0 Å². The number of anilines is 1. The van der Waals surface area contributed by atoms with E-state index in [1.54, 1.807) is 16.8 Å². The topological polar surface area (TPSA) is 87.9 Å². The van der Waals surface area contributed by atoms with Crippen LogP contribution in [0.15, 0.2) is 35.3 Å². The smallest absolute Gasteiger partial charge is 0.258 e. The Kier molecular flexibility index (Phi) is 5.33. The Morgan fingerprint density at radius 2 is 2.07 bits per heavy atom. The van der Waals surface area contributed by atoms with Gasteiger partial charge in [0.2, 0.25) is 5.95 Å². The predicted molar refractivity (Wildman–Crippen MR) is 107 cm³/mol. The lowest BCUT2D eigenvalue weighted by Gasteiger charge is -2.33. The van der Waals surface area contributed by atoms with Gasteiger partial charge in [-0.05, 0) is 29.9 Å². The van der Waals surface area contributed by atoms with E-state index in [0.29, 0.717) is 30.2 Å². The van der Waals surface area contributed by atoms with Crippen LogP contribution in [0.3, 0.4) is 0 Å². The van der Waals surface area contributed by atoms with Crippen LogP contribution in [0.4, 0.5) is 5.95 Å². The second-order valence-electron chi connectivity index (χ2n) is 8.23. The Morgan fingerprint density at radius 1 is 1.33 bits per heavy atom. The highest BCUT2D eigenvalue weighted by atomic mass is 16.1. The van der Waals surface area contributed by atoms with Crippen LogP contribution in [0.5, 0.6) is 0 Å². The van der Waals surface area contributed by atoms with Crippen molar-refractivity contribution >= 4 is 5.95 Å². The molecule has 1 saturated heterocycles. The molecule has 2 heterocycles. The zero-order valence-corrected chi connectivity index (χ0v) is 16.3. The number of nitriles is 1. The lowest BCUT2D eigenvalue weighted by molar-refractivity contribution is 0.487. The van der Waals surface area contributed by atoms with Gasteiger partial charge < -0.3 is 10.6 Å². The maximum atomic E-state index is 13.3. The Hall–Kier alpha value is -2.65. The quantitative estimate of drug-likeness (QED) is 0.902. The summed E-state index contributed by atoms with van der Waals surface area (Å²) in [5.74, 6) is 0.635. The summed E-state index contributed by atoms with van der Waals surface area (Å²) in [5, 5.41) is 9.42. The molecule has 0 amide bonds. The molecule has 1 aromatic heterocycles. The molecule has 3 rings (SSSR count). The van der Waals surface area contributed by atoms with Gasteiger partial charge in [-0.1, -0.05) is 39.0 Å². The summed E-state index contributed by atoms with van der Waals surface area (Å²) in [6.45, 7) is 7.86. The summed E-state index contributed by atoms with van der Waals surface area (Å²) in [6, 6.07) is 9.68. The number of piperidine rings is 1. The second kappa shape index (κ2) is 7.53. The fourth-order valence-electron chi connectivity index (χ4n) is 3.52. The van der Waals surface area contributed by atoms with Crippen LogP contribution < -0.4 is 16.2 Å². The lowest BCUT2D eigenvalue weighted by atomic mass is 9.89. The van der Waals surface area contributed by atoms with Crippen molar-refractivity contribution in [3.8, 4) is 6.07 Å². The molecule has 0 spiro atoms. The first kappa shape index (κ1) is 19.1. The molecule has 1 aromatic carbocycles. The molecule has 2 N–H and O–H groups in total. The molecule has 0 aliphatic carbocycles. The number of hydrogen-bond acceptors (Lipinski definition) is 5. The minimum atomic E-state index is -0.308. The summed E-state index contributed by atoms with van der Waals surface area (Å²) >= 11 is 0.